The molecule has 6 nitrogen and oxygen atoms in total. The number of imidazole rings is 1. The SMILES string of the molecule is CCCn1c(SCc2cccc(Br)c2)nc2cc(S(=O)(=O)N3CCOCC3)ccc21. The summed E-state index contributed by atoms with van der Waals surface area (Å²) in [4.78, 5) is 5.09. The molecule has 1 fully saturated rings. The minimum absolute atomic E-state index is 0.293. The van der Waals surface area contributed by atoms with Crippen LogP contribution >= 0.6 is 27.7 Å². The lowest BCUT2D eigenvalue weighted by molar-refractivity contribution is 0.0730. The molecule has 3 aromatic rings. The summed E-state index contributed by atoms with van der Waals surface area (Å²) in [5.41, 5.74) is 2.89. The van der Waals surface area contributed by atoms with E-state index in [0.717, 1.165) is 39.4 Å². The first-order valence-electron chi connectivity index (χ1n) is 9.94. The topological polar surface area (TPSA) is 64.4 Å². The van der Waals surface area contributed by atoms with E-state index >= 15 is 0 Å². The van der Waals surface area contributed by atoms with Crippen molar-refractivity contribution in [3.63, 3.8) is 0 Å². The molecule has 2 aromatic carbocycles. The molecule has 0 N–H and O–H groups in total. The zero-order valence-corrected chi connectivity index (χ0v) is 20.0. The zero-order valence-electron chi connectivity index (χ0n) is 16.8. The maximum atomic E-state index is 13.0. The van der Waals surface area contributed by atoms with Gasteiger partial charge in [-0.15, -0.1) is 0 Å². The van der Waals surface area contributed by atoms with E-state index in [1.165, 1.54) is 9.87 Å². The number of aryl methyl sites for hydroxylation is 1. The maximum absolute atomic E-state index is 13.0. The summed E-state index contributed by atoms with van der Waals surface area (Å²) in [6.45, 7) is 4.61. The summed E-state index contributed by atoms with van der Waals surface area (Å²) < 4.78 is 36.1. The third kappa shape index (κ3) is 4.60. The molecule has 2 heterocycles. The van der Waals surface area contributed by atoms with Crippen molar-refractivity contribution in [3.8, 4) is 0 Å². The molecule has 0 unspecified atom stereocenters. The van der Waals surface area contributed by atoms with Crippen molar-refractivity contribution < 1.29 is 13.2 Å². The number of nitrogens with zero attached hydrogens (tertiary/aromatic N) is 3. The molecule has 1 aliphatic heterocycles. The lowest BCUT2D eigenvalue weighted by Crippen LogP contribution is -2.40. The summed E-state index contributed by atoms with van der Waals surface area (Å²) in [6.07, 6.45) is 0.976. The van der Waals surface area contributed by atoms with Gasteiger partial charge in [0.2, 0.25) is 10.0 Å². The van der Waals surface area contributed by atoms with Gasteiger partial charge in [0.25, 0.3) is 0 Å². The molecule has 1 aliphatic rings. The molecule has 0 spiro atoms. The molecule has 1 saturated heterocycles. The Labute approximate surface area is 189 Å². The van der Waals surface area contributed by atoms with Crippen LogP contribution in [-0.2, 0) is 27.1 Å². The van der Waals surface area contributed by atoms with Gasteiger partial charge < -0.3 is 9.30 Å². The average Bonchev–Trinajstić information content (AvgIpc) is 3.10. The first kappa shape index (κ1) is 21.8. The monoisotopic (exact) mass is 509 g/mol. The van der Waals surface area contributed by atoms with Gasteiger partial charge >= 0.3 is 0 Å². The van der Waals surface area contributed by atoms with Crippen LogP contribution in [0.15, 0.2) is 57.0 Å². The quantitative estimate of drug-likeness (QED) is 0.438. The Bertz CT molecular complexity index is 1140. The second-order valence-electron chi connectivity index (χ2n) is 7.13. The predicted octanol–water partition coefficient (Wildman–Crippen LogP) is 4.52. The van der Waals surface area contributed by atoms with Crippen molar-refractivity contribution in [1.82, 2.24) is 13.9 Å². The average molecular weight is 510 g/mol. The standard InChI is InChI=1S/C21H24BrN3O3S2/c1-2-8-25-20-7-6-18(30(26,27)24-9-11-28-12-10-24)14-19(20)23-21(25)29-15-16-4-3-5-17(22)13-16/h3-7,13-14H,2,8-12,15H2,1H3. The highest BCUT2D eigenvalue weighted by molar-refractivity contribution is 9.10. The third-order valence-corrected chi connectivity index (χ3v) is 8.43. The number of fused-ring (bicyclic) bond motifs is 1. The Hall–Kier alpha value is -1.39. The Morgan fingerprint density at radius 3 is 2.70 bits per heavy atom. The minimum atomic E-state index is -3.54. The molecule has 0 bridgehead atoms. The number of thioether (sulfide) groups is 1. The number of hydrogen-bond acceptors (Lipinski definition) is 5. The number of halogens is 1. The van der Waals surface area contributed by atoms with Crippen molar-refractivity contribution in [2.45, 2.75) is 35.7 Å². The van der Waals surface area contributed by atoms with Crippen molar-refractivity contribution in [2.24, 2.45) is 0 Å². The van der Waals surface area contributed by atoms with Gasteiger partial charge in [0.1, 0.15) is 0 Å². The number of ether oxygens (including phenoxy) is 1. The highest BCUT2D eigenvalue weighted by atomic mass is 79.9. The fraction of sp³-hybridized carbons (Fsp3) is 0.381. The van der Waals surface area contributed by atoms with Gasteiger partial charge in [0.15, 0.2) is 5.16 Å². The summed E-state index contributed by atoms with van der Waals surface area (Å²) in [7, 11) is -3.54. The molecule has 0 aliphatic carbocycles. The van der Waals surface area contributed by atoms with Gasteiger partial charge in [-0.05, 0) is 42.3 Å². The van der Waals surface area contributed by atoms with Crippen LogP contribution in [0.3, 0.4) is 0 Å². The van der Waals surface area contributed by atoms with E-state index < -0.39 is 10.0 Å². The van der Waals surface area contributed by atoms with Crippen LogP contribution in [-0.4, -0.2) is 48.6 Å². The highest BCUT2D eigenvalue weighted by Crippen LogP contribution is 2.30. The second kappa shape index (κ2) is 9.40. The van der Waals surface area contributed by atoms with Crippen LogP contribution in [0.2, 0.25) is 0 Å². The number of aromatic nitrogens is 2. The van der Waals surface area contributed by atoms with Gasteiger partial charge in [-0.25, -0.2) is 13.4 Å². The number of sulfonamides is 1. The van der Waals surface area contributed by atoms with E-state index in [9.17, 15) is 8.42 Å². The molecule has 0 radical (unpaired) electrons. The van der Waals surface area contributed by atoms with Gasteiger partial charge in [-0.1, -0.05) is 46.7 Å². The lowest BCUT2D eigenvalue weighted by atomic mass is 10.2. The maximum Gasteiger partial charge on any atom is 0.243 e. The fourth-order valence-corrected chi connectivity index (χ4v) is 6.37. The normalized spacial score (nSPS) is 15.7. The van der Waals surface area contributed by atoms with Crippen LogP contribution in [0.5, 0.6) is 0 Å². The number of benzene rings is 2. The number of rotatable bonds is 7. The molecule has 1 aromatic heterocycles. The predicted molar refractivity (Wildman–Crippen MR) is 123 cm³/mol. The molecule has 160 valence electrons. The van der Waals surface area contributed by atoms with Crippen LogP contribution < -0.4 is 0 Å². The van der Waals surface area contributed by atoms with Gasteiger partial charge in [-0.3, -0.25) is 0 Å². The summed E-state index contributed by atoms with van der Waals surface area (Å²) in [5, 5.41) is 0.910. The molecular formula is C21H24BrN3O3S2. The van der Waals surface area contributed by atoms with E-state index in [2.05, 4.69) is 39.6 Å². The first-order valence-corrected chi connectivity index (χ1v) is 13.2. The van der Waals surface area contributed by atoms with Crippen molar-refractivity contribution in [1.29, 1.82) is 0 Å². The van der Waals surface area contributed by atoms with E-state index in [4.69, 9.17) is 9.72 Å². The third-order valence-electron chi connectivity index (χ3n) is 5.00. The molecule has 30 heavy (non-hydrogen) atoms. The number of hydrogen-bond donors (Lipinski definition) is 0. The second-order valence-corrected chi connectivity index (χ2v) is 10.9. The fourth-order valence-electron chi connectivity index (χ4n) is 3.51. The molecule has 0 saturated carbocycles. The molecular weight excluding hydrogens is 486 g/mol. The van der Waals surface area contributed by atoms with Crippen LogP contribution in [0.25, 0.3) is 11.0 Å². The summed E-state index contributed by atoms with van der Waals surface area (Å²) in [5.74, 6) is 0.797. The summed E-state index contributed by atoms with van der Waals surface area (Å²) in [6, 6.07) is 13.5. The van der Waals surface area contributed by atoms with Crippen molar-refractivity contribution in [3.05, 3.63) is 52.5 Å². The summed E-state index contributed by atoms with van der Waals surface area (Å²) >= 11 is 5.19. The number of morpholine rings is 1. The van der Waals surface area contributed by atoms with E-state index in [-0.39, 0.29) is 0 Å². The van der Waals surface area contributed by atoms with Crippen molar-refractivity contribution >= 4 is 48.7 Å². The Balaban J connectivity index is 1.65. The zero-order chi connectivity index (χ0) is 21.1. The Morgan fingerprint density at radius 2 is 1.97 bits per heavy atom. The highest BCUT2D eigenvalue weighted by Gasteiger charge is 2.27. The van der Waals surface area contributed by atoms with E-state index in [1.807, 2.05) is 18.2 Å². The smallest absolute Gasteiger partial charge is 0.243 e. The van der Waals surface area contributed by atoms with Crippen LogP contribution in [0.1, 0.15) is 18.9 Å². The lowest BCUT2D eigenvalue weighted by Gasteiger charge is -2.26. The van der Waals surface area contributed by atoms with Crippen LogP contribution in [0.4, 0.5) is 0 Å². The first-order chi connectivity index (χ1) is 14.5. The van der Waals surface area contributed by atoms with Gasteiger partial charge in [0.05, 0.1) is 29.1 Å². The minimum Gasteiger partial charge on any atom is -0.379 e. The van der Waals surface area contributed by atoms with Gasteiger partial charge in [0, 0.05) is 29.9 Å². The Kier molecular flexibility index (Phi) is 6.84. The molecule has 4 rings (SSSR count). The van der Waals surface area contributed by atoms with E-state index in [0.29, 0.717) is 31.2 Å². The molecule has 0 amide bonds. The van der Waals surface area contributed by atoms with Gasteiger partial charge in [-0.2, -0.15) is 4.31 Å². The largest absolute Gasteiger partial charge is 0.379 e. The van der Waals surface area contributed by atoms with E-state index in [1.54, 1.807) is 23.9 Å². The van der Waals surface area contributed by atoms with Crippen LogP contribution in [0, 0.1) is 0 Å². The molecule has 0 atom stereocenters. The molecule has 9 heteroatoms. The Morgan fingerprint density at radius 1 is 1.17 bits per heavy atom. The van der Waals surface area contributed by atoms with Crippen molar-refractivity contribution in [2.75, 3.05) is 26.3 Å².